The smallest absolute Gasteiger partial charge is 0.350 e. The van der Waals surface area contributed by atoms with Crippen LogP contribution in [0, 0.1) is 0 Å². The van der Waals surface area contributed by atoms with Crippen LogP contribution in [0.2, 0.25) is 5.28 Å². The van der Waals surface area contributed by atoms with Crippen LogP contribution in [0.3, 0.4) is 0 Å². The maximum atomic E-state index is 10.9. The summed E-state index contributed by atoms with van der Waals surface area (Å²) in [7, 11) is -2.59. The van der Waals surface area contributed by atoms with Crippen LogP contribution in [0.25, 0.3) is 11.2 Å². The Morgan fingerprint density at radius 2 is 2.06 bits per heavy atom. The molecule has 15 nitrogen and oxygen atoms in total. The molecule has 0 radical (unpaired) electrons. The van der Waals surface area contributed by atoms with E-state index < -0.39 is 38.5 Å². The summed E-state index contributed by atoms with van der Waals surface area (Å²) in [5, 5.41) is 31.5. The normalized spacial score (nSPS) is 23.8. The molecule has 0 amide bonds. The lowest BCUT2D eigenvalue weighted by Gasteiger charge is -2.17. The molecule has 5 N–H and O–H groups in total. The molecule has 1 fully saturated rings. The zero-order chi connectivity index (χ0) is 23.0. The van der Waals surface area contributed by atoms with Crippen molar-refractivity contribution in [3.05, 3.63) is 23.8 Å². The predicted molar refractivity (Wildman–Crippen MR) is 107 cm³/mol. The lowest BCUT2D eigenvalue weighted by Crippen LogP contribution is -2.33. The molecule has 0 spiro atoms. The van der Waals surface area contributed by atoms with Crippen LogP contribution in [-0.2, 0) is 27.6 Å². The Kier molecular flexibility index (Phi) is 6.42. The Balaban J connectivity index is 1.55. The number of fused-ring (bicyclic) bond motifs is 1. The van der Waals surface area contributed by atoms with Gasteiger partial charge in [0.25, 0.3) is 0 Å². The van der Waals surface area contributed by atoms with Crippen LogP contribution in [0.5, 0.6) is 0 Å². The number of nitrogens with zero attached hydrogens (tertiary/aromatic N) is 7. The zero-order valence-electron chi connectivity index (χ0n) is 16.6. The minimum atomic E-state index is -4.38. The van der Waals surface area contributed by atoms with Crippen LogP contribution in [-0.4, -0.2) is 85.6 Å². The van der Waals surface area contributed by atoms with Gasteiger partial charge in [0.15, 0.2) is 29.0 Å². The second-order valence-electron chi connectivity index (χ2n) is 7.09. The summed E-state index contributed by atoms with van der Waals surface area (Å²) in [5.74, 6) is 0.958. The molecule has 17 heteroatoms. The van der Waals surface area contributed by atoms with E-state index in [0.717, 1.165) is 0 Å². The number of nitrogens with one attached hydrogen (secondary N) is 1. The number of rotatable bonds is 8. The fourth-order valence-electron chi connectivity index (χ4n) is 3.21. The molecule has 4 atom stereocenters. The van der Waals surface area contributed by atoms with Crippen LogP contribution >= 0.6 is 19.2 Å². The molecule has 0 bridgehead atoms. The van der Waals surface area contributed by atoms with Gasteiger partial charge in [-0.3, -0.25) is 9.13 Å². The van der Waals surface area contributed by atoms with Crippen molar-refractivity contribution in [2.24, 2.45) is 7.05 Å². The molecule has 0 aromatic carbocycles. The number of ether oxygens (including phenoxy) is 2. The highest BCUT2D eigenvalue weighted by Gasteiger charge is 2.44. The van der Waals surface area contributed by atoms with Gasteiger partial charge in [-0.15, -0.1) is 10.2 Å². The van der Waals surface area contributed by atoms with E-state index in [1.165, 1.54) is 10.9 Å². The molecule has 1 saturated heterocycles. The number of aliphatic hydroxyl groups is 2. The fraction of sp³-hybridized carbons (Fsp3) is 0.533. The van der Waals surface area contributed by atoms with Gasteiger partial charge in [-0.05, 0) is 11.6 Å². The van der Waals surface area contributed by atoms with E-state index in [9.17, 15) is 14.8 Å². The summed E-state index contributed by atoms with van der Waals surface area (Å²) in [4.78, 5) is 30.3. The van der Waals surface area contributed by atoms with E-state index in [4.69, 9.17) is 30.9 Å². The summed E-state index contributed by atoms with van der Waals surface area (Å²) in [6.45, 7) is -0.0568. The van der Waals surface area contributed by atoms with Crippen molar-refractivity contribution < 1.29 is 34.0 Å². The number of aryl methyl sites for hydroxylation is 1. The average molecular weight is 491 g/mol. The van der Waals surface area contributed by atoms with Crippen molar-refractivity contribution in [2.45, 2.75) is 31.1 Å². The Morgan fingerprint density at radius 3 is 2.75 bits per heavy atom. The summed E-state index contributed by atoms with van der Waals surface area (Å²) in [6.07, 6.45) is -2.83. The maximum Gasteiger partial charge on any atom is 0.350 e. The number of halogens is 1. The first kappa shape index (κ1) is 22.9. The van der Waals surface area contributed by atoms with Gasteiger partial charge in [-0.2, -0.15) is 9.97 Å². The molecule has 1 aliphatic rings. The SMILES string of the molecule is Cn1cnnc1CNc1nc(Cl)nc2c1ncn2[C@@H]1O[C@H](COCP(=O)(O)O)[C@@H](O)[C@H]1O. The number of hydrogen-bond acceptors (Lipinski definition) is 11. The molecule has 0 saturated carbocycles. The van der Waals surface area contributed by atoms with Crippen molar-refractivity contribution in [3.63, 3.8) is 0 Å². The van der Waals surface area contributed by atoms with Gasteiger partial charge < -0.3 is 39.4 Å². The Bertz CT molecular complexity index is 1150. The van der Waals surface area contributed by atoms with E-state index in [1.807, 2.05) is 0 Å². The Hall–Kier alpha value is -2.23. The van der Waals surface area contributed by atoms with Crippen molar-refractivity contribution >= 4 is 36.2 Å². The molecule has 4 rings (SSSR count). The molecule has 32 heavy (non-hydrogen) atoms. The van der Waals surface area contributed by atoms with Gasteiger partial charge in [-0.1, -0.05) is 0 Å². The predicted octanol–water partition coefficient (Wildman–Crippen LogP) is -1.01. The summed E-state index contributed by atoms with van der Waals surface area (Å²) >= 11 is 6.07. The lowest BCUT2D eigenvalue weighted by molar-refractivity contribution is -0.0612. The van der Waals surface area contributed by atoms with Gasteiger partial charge in [0.1, 0.15) is 31.0 Å². The zero-order valence-corrected chi connectivity index (χ0v) is 18.2. The Labute approximate surface area is 185 Å². The minimum Gasteiger partial charge on any atom is -0.387 e. The standard InChI is InChI=1S/C15H20ClN8O7P/c1-23-5-19-22-8(23)2-17-12-9-13(21-15(16)20-12)24(4-18-9)14-11(26)10(25)7(31-14)3-30-6-32(27,28)29/h4-5,7,10-11,14,25-26H,2-3,6H2,1H3,(H,17,20,21)(H2,27,28,29)/t7-,10-,11-,14-/m1/s1. The van der Waals surface area contributed by atoms with E-state index in [0.29, 0.717) is 17.2 Å². The minimum absolute atomic E-state index is 0.0886. The summed E-state index contributed by atoms with van der Waals surface area (Å²) < 4.78 is 24.6. The van der Waals surface area contributed by atoms with Crippen LogP contribution in [0.15, 0.2) is 12.7 Å². The molecule has 174 valence electrons. The molecule has 3 aromatic rings. The van der Waals surface area contributed by atoms with Gasteiger partial charge in [-0.25, -0.2) is 4.98 Å². The second kappa shape index (κ2) is 8.96. The molecule has 4 heterocycles. The molecule has 3 aromatic heterocycles. The number of hydrogen-bond donors (Lipinski definition) is 5. The first-order valence-electron chi connectivity index (χ1n) is 9.25. The number of imidazole rings is 1. The largest absolute Gasteiger partial charge is 0.387 e. The third kappa shape index (κ3) is 4.74. The molecule has 0 aliphatic carbocycles. The van der Waals surface area contributed by atoms with Crippen LogP contribution in [0.1, 0.15) is 12.1 Å². The molecule has 0 unspecified atom stereocenters. The van der Waals surface area contributed by atoms with E-state index in [2.05, 4.69) is 30.5 Å². The Morgan fingerprint density at radius 1 is 1.28 bits per heavy atom. The van der Waals surface area contributed by atoms with E-state index in [-0.39, 0.29) is 24.1 Å². The first-order valence-corrected chi connectivity index (χ1v) is 11.4. The lowest BCUT2D eigenvalue weighted by atomic mass is 10.1. The third-order valence-electron chi connectivity index (χ3n) is 4.77. The number of aromatic nitrogens is 7. The van der Waals surface area contributed by atoms with Crippen molar-refractivity contribution in [3.8, 4) is 0 Å². The van der Waals surface area contributed by atoms with Gasteiger partial charge >= 0.3 is 7.60 Å². The average Bonchev–Trinajstić information content (AvgIpc) is 3.39. The monoisotopic (exact) mass is 490 g/mol. The van der Waals surface area contributed by atoms with Crippen molar-refractivity contribution in [2.75, 3.05) is 18.3 Å². The third-order valence-corrected chi connectivity index (χ3v) is 5.45. The highest BCUT2D eigenvalue weighted by Crippen LogP contribution is 2.36. The highest BCUT2D eigenvalue weighted by atomic mass is 35.5. The maximum absolute atomic E-state index is 10.9. The van der Waals surface area contributed by atoms with Crippen molar-refractivity contribution in [1.29, 1.82) is 0 Å². The number of aliphatic hydroxyl groups excluding tert-OH is 2. The topological polar surface area (TPSA) is 203 Å². The van der Waals surface area contributed by atoms with Gasteiger partial charge in [0.05, 0.1) is 19.5 Å². The van der Waals surface area contributed by atoms with Crippen molar-refractivity contribution in [1.82, 2.24) is 34.3 Å². The molecule has 1 aliphatic heterocycles. The number of anilines is 1. The van der Waals surface area contributed by atoms with E-state index >= 15 is 0 Å². The molecular formula is C15H20ClN8O7P. The van der Waals surface area contributed by atoms with Crippen LogP contribution in [0.4, 0.5) is 5.82 Å². The second-order valence-corrected chi connectivity index (χ2v) is 9.01. The fourth-order valence-corrected chi connectivity index (χ4v) is 3.72. The van der Waals surface area contributed by atoms with Gasteiger partial charge in [0, 0.05) is 7.05 Å². The summed E-state index contributed by atoms with van der Waals surface area (Å²) in [6, 6.07) is 0. The van der Waals surface area contributed by atoms with Gasteiger partial charge in [0.2, 0.25) is 5.28 Å². The van der Waals surface area contributed by atoms with E-state index in [1.54, 1.807) is 17.9 Å². The highest BCUT2D eigenvalue weighted by molar-refractivity contribution is 7.51. The first-order chi connectivity index (χ1) is 15.1. The summed E-state index contributed by atoms with van der Waals surface area (Å²) in [5.41, 5.74) is 0.571. The molecular weight excluding hydrogens is 471 g/mol. The van der Waals surface area contributed by atoms with Crippen LogP contribution < -0.4 is 5.32 Å². The quantitative estimate of drug-likeness (QED) is 0.190.